The lowest BCUT2D eigenvalue weighted by Crippen LogP contribution is -1.97. The lowest BCUT2D eigenvalue weighted by molar-refractivity contribution is 1.00. The first-order valence-corrected chi connectivity index (χ1v) is 19.0. The highest BCUT2D eigenvalue weighted by Crippen LogP contribution is 2.43. The van der Waals surface area contributed by atoms with Gasteiger partial charge in [-0.1, -0.05) is 52.8 Å². The van der Waals surface area contributed by atoms with Crippen LogP contribution in [-0.2, 0) is 0 Å². The molecule has 0 bridgehead atoms. The van der Waals surface area contributed by atoms with Crippen molar-refractivity contribution in [2.75, 3.05) is 0 Å². The van der Waals surface area contributed by atoms with E-state index in [9.17, 15) is 0 Å². The molecule has 0 spiro atoms. The molecule has 0 aromatic carbocycles. The second-order valence-electron chi connectivity index (χ2n) is 4.21. The monoisotopic (exact) mass is 640 g/mol. The van der Waals surface area contributed by atoms with Crippen molar-refractivity contribution in [1.82, 2.24) is 40.8 Å². The maximum absolute atomic E-state index is 5.08. The minimum Gasteiger partial charge on any atom is -0.281 e. The van der Waals surface area contributed by atoms with Gasteiger partial charge in [0.05, 0.1) is 0 Å². The molecule has 0 saturated heterocycles. The highest BCUT2D eigenvalue weighted by molar-refractivity contribution is 8.77. The Kier molecular flexibility index (Phi) is 12.3. The van der Waals surface area contributed by atoms with Crippen LogP contribution in [0.1, 0.15) is 7.43 Å². The maximum Gasteiger partial charge on any atom is 0.536 e. The van der Waals surface area contributed by atoms with Crippen molar-refractivity contribution in [1.29, 1.82) is 0 Å². The van der Waals surface area contributed by atoms with Crippen LogP contribution >= 0.6 is 137 Å². The summed E-state index contributed by atoms with van der Waals surface area (Å²) in [6.45, 7) is 0. The largest absolute Gasteiger partial charge is 0.536 e. The maximum atomic E-state index is 5.08. The number of H-pyrrole nitrogens is 5. The summed E-state index contributed by atoms with van der Waals surface area (Å²) in [7, 11) is 3.71. The number of nitrogens with zero attached hydrogens (tertiary/aromatic N) is 3. The molecule has 5 N–H and O–H groups in total. The SMILES string of the molecule is C.S=c1[nH][nH]c(=S)s1.S=c1[nH]nc([S][Al]([S]c2n[nH]c(=S)s2)[S]c2n[nH]c(=S)s2)s1. The molecule has 30 heavy (non-hydrogen) atoms. The van der Waals surface area contributed by atoms with Crippen LogP contribution in [0.25, 0.3) is 0 Å². The minimum absolute atomic E-state index is 0. The first kappa shape index (κ1) is 27.2. The van der Waals surface area contributed by atoms with Crippen LogP contribution in [0.15, 0.2) is 13.0 Å². The normalized spacial score (nSPS) is 10.1. The highest BCUT2D eigenvalue weighted by atomic mass is 32.7. The highest BCUT2D eigenvalue weighted by Gasteiger charge is 2.28. The molecule has 0 atom stereocenters. The van der Waals surface area contributed by atoms with Crippen LogP contribution in [0.5, 0.6) is 0 Å². The summed E-state index contributed by atoms with van der Waals surface area (Å²) >= 11 is 30.4. The minimum atomic E-state index is -1.48. The fourth-order valence-corrected chi connectivity index (χ4v) is 22.9. The molecule has 160 valence electrons. The molecule has 0 radical (unpaired) electrons. The number of aromatic nitrogens is 8. The molecule has 4 aromatic heterocycles. The van der Waals surface area contributed by atoms with Gasteiger partial charge in [0.15, 0.2) is 32.8 Å². The van der Waals surface area contributed by atoms with Crippen molar-refractivity contribution >= 4 is 148 Å². The third-order valence-corrected chi connectivity index (χ3v) is 19.8. The van der Waals surface area contributed by atoms with Crippen molar-refractivity contribution in [3.8, 4) is 0 Å². The van der Waals surface area contributed by atoms with Crippen LogP contribution in [0, 0.1) is 19.8 Å². The summed E-state index contributed by atoms with van der Waals surface area (Å²) in [5.74, 6) is 0. The van der Waals surface area contributed by atoms with Gasteiger partial charge in [0.25, 0.3) is 0 Å². The molecule has 4 heterocycles. The van der Waals surface area contributed by atoms with Crippen molar-refractivity contribution in [3.63, 3.8) is 0 Å². The molecule has 0 fully saturated rings. The lowest BCUT2D eigenvalue weighted by atomic mass is 11.6. The van der Waals surface area contributed by atoms with Gasteiger partial charge in [-0.05, 0) is 61.1 Å². The Morgan fingerprint density at radius 3 is 1.10 bits per heavy atom. The Bertz CT molecular complexity index is 1180. The Morgan fingerprint density at radius 1 is 0.567 bits per heavy atom. The number of hydrogen-bond donors (Lipinski definition) is 5. The summed E-state index contributed by atoms with van der Waals surface area (Å²) in [6, 6.07) is 0. The summed E-state index contributed by atoms with van der Waals surface area (Å²) in [5, 5.41) is 26.4. The Hall–Kier alpha value is 0.922. The second-order valence-corrected chi connectivity index (χ2v) is 23.8. The van der Waals surface area contributed by atoms with E-state index in [-0.39, 0.29) is 7.43 Å². The summed E-state index contributed by atoms with van der Waals surface area (Å²) in [4.78, 5) is 0. The van der Waals surface area contributed by atoms with Crippen LogP contribution < -0.4 is 0 Å². The molecule has 0 unspecified atom stereocenters. The van der Waals surface area contributed by atoms with Gasteiger partial charge < -0.3 is 0 Å². The molecule has 21 heteroatoms. The van der Waals surface area contributed by atoms with Gasteiger partial charge in [-0.25, -0.2) is 0 Å². The zero-order valence-electron chi connectivity index (χ0n) is 13.3. The van der Waals surface area contributed by atoms with Crippen molar-refractivity contribution in [2.24, 2.45) is 0 Å². The van der Waals surface area contributed by atoms with Crippen molar-refractivity contribution in [3.05, 3.63) is 19.8 Å². The van der Waals surface area contributed by atoms with Crippen LogP contribution in [0.3, 0.4) is 0 Å². The van der Waals surface area contributed by atoms with Gasteiger partial charge in [0.2, 0.25) is 0 Å². The Morgan fingerprint density at radius 2 is 0.900 bits per heavy atom. The second kappa shape index (κ2) is 13.6. The standard InChI is InChI=1S/4C2H2N2S3.CH4.Al/c4*5-1-3-4-2(6)7-1;;/h4*(H,3,5)(H,4,6);1H4;/q;;;;;+3/p-3. The Balaban J connectivity index is 0.000000341. The van der Waals surface area contributed by atoms with Gasteiger partial charge in [0.1, 0.15) is 0 Å². The predicted octanol–water partition coefficient (Wildman–Crippen LogP) is 7.39. The van der Waals surface area contributed by atoms with E-state index in [0.717, 1.165) is 13.0 Å². The molecule has 0 saturated carbocycles. The number of nitrogens with one attached hydrogen (secondary N) is 5. The van der Waals surface area contributed by atoms with Crippen LogP contribution in [0.2, 0.25) is 0 Å². The molecule has 0 aliphatic rings. The van der Waals surface area contributed by atoms with Gasteiger partial charge in [-0.2, -0.15) is 45.7 Å². The van der Waals surface area contributed by atoms with E-state index in [1.165, 1.54) is 45.3 Å². The van der Waals surface area contributed by atoms with E-state index in [2.05, 4.69) is 40.8 Å². The van der Waals surface area contributed by atoms with E-state index in [1.54, 1.807) is 30.4 Å². The quantitative estimate of drug-likeness (QED) is 0.107. The van der Waals surface area contributed by atoms with Crippen molar-refractivity contribution < 1.29 is 0 Å². The predicted molar refractivity (Wildman–Crippen MR) is 147 cm³/mol. The molecule has 0 amide bonds. The van der Waals surface area contributed by atoms with Crippen molar-refractivity contribution in [2.45, 2.75) is 20.4 Å². The third-order valence-electron chi connectivity index (χ3n) is 2.30. The fraction of sp³-hybridized carbons (Fsp3) is 0.111. The number of hydrogen-bond acceptors (Lipinski definition) is 15. The van der Waals surface area contributed by atoms with E-state index in [1.807, 2.05) is 0 Å². The lowest BCUT2D eigenvalue weighted by Gasteiger charge is -2.04. The van der Waals surface area contributed by atoms with Crippen LogP contribution in [0.4, 0.5) is 0 Å². The van der Waals surface area contributed by atoms with E-state index >= 15 is 0 Å². The fourth-order valence-electron chi connectivity index (χ4n) is 1.36. The summed E-state index contributed by atoms with van der Waals surface area (Å²) in [6.07, 6.45) is 0. The first-order valence-electron chi connectivity index (χ1n) is 6.81. The summed E-state index contributed by atoms with van der Waals surface area (Å²) < 4.78 is 6.22. The third kappa shape index (κ3) is 9.42. The molecule has 4 rings (SSSR count). The molecule has 4 aromatic rings. The molecule has 0 aliphatic carbocycles. The average molecular weight is 641 g/mol. The molecule has 0 aliphatic heterocycles. The number of rotatable bonds is 6. The summed E-state index contributed by atoms with van der Waals surface area (Å²) in [5.41, 5.74) is 0. The molecular formula is C9H9AlN8S12. The van der Waals surface area contributed by atoms with E-state index < -0.39 is 10.8 Å². The topological polar surface area (TPSA) is 118 Å². The Labute approximate surface area is 225 Å². The molecular weight excluding hydrogens is 632 g/mol. The van der Waals surface area contributed by atoms with E-state index in [4.69, 9.17) is 61.1 Å². The van der Waals surface area contributed by atoms with E-state index in [0.29, 0.717) is 19.8 Å². The van der Waals surface area contributed by atoms with Gasteiger partial charge >= 0.3 is 10.8 Å². The van der Waals surface area contributed by atoms with Crippen LogP contribution in [-0.4, -0.2) is 51.5 Å². The van der Waals surface area contributed by atoms with Gasteiger partial charge in [-0.15, -0.1) is 0 Å². The first-order chi connectivity index (χ1) is 13.9. The zero-order valence-corrected chi connectivity index (χ0v) is 24.3. The zero-order chi connectivity index (χ0) is 20.8. The van der Waals surface area contributed by atoms with Gasteiger partial charge in [0, 0.05) is 0 Å². The molecule has 8 nitrogen and oxygen atoms in total. The average Bonchev–Trinajstić information content (AvgIpc) is 3.42. The smallest absolute Gasteiger partial charge is 0.281 e. The van der Waals surface area contributed by atoms with Gasteiger partial charge in [-0.3, -0.25) is 25.5 Å². The number of aromatic amines is 5.